The Bertz CT molecular complexity index is 1100. The first kappa shape index (κ1) is 21.8. The van der Waals surface area contributed by atoms with Crippen LogP contribution in [0.1, 0.15) is 19.7 Å². The van der Waals surface area contributed by atoms with Gasteiger partial charge in [0, 0.05) is 18.3 Å². The van der Waals surface area contributed by atoms with Crippen LogP contribution in [0.2, 0.25) is 0 Å². The Labute approximate surface area is 190 Å². The maximum atomic E-state index is 12.7. The Morgan fingerprint density at radius 2 is 1.97 bits per heavy atom. The maximum Gasteiger partial charge on any atom is 0.237 e. The number of benzene rings is 2. The highest BCUT2D eigenvalue weighted by atomic mass is 32.2. The van der Waals surface area contributed by atoms with Crippen LogP contribution in [0, 0.1) is 0 Å². The highest BCUT2D eigenvalue weighted by Gasteiger charge is 2.21. The van der Waals surface area contributed by atoms with Crippen molar-refractivity contribution in [1.82, 2.24) is 14.8 Å². The Morgan fingerprint density at radius 1 is 1.19 bits per heavy atom. The minimum Gasteiger partial charge on any atom is -0.493 e. The van der Waals surface area contributed by atoms with E-state index in [1.165, 1.54) is 11.8 Å². The van der Waals surface area contributed by atoms with Crippen LogP contribution in [0.4, 0.5) is 5.69 Å². The third kappa shape index (κ3) is 4.75. The molecule has 0 spiro atoms. The molecule has 168 valence electrons. The molecule has 32 heavy (non-hydrogen) atoms. The average molecular weight is 457 g/mol. The SMILES string of the molecule is CCn1c(COc2ccccc2OC)nnc1S[C@@H](C)C(=O)Nc1ccc2c(c1)OCO2. The van der Waals surface area contributed by atoms with E-state index in [1.807, 2.05) is 42.7 Å². The molecule has 10 heteroatoms. The molecule has 1 atom stereocenters. The predicted molar refractivity (Wildman–Crippen MR) is 120 cm³/mol. The number of amides is 1. The van der Waals surface area contributed by atoms with Crippen molar-refractivity contribution in [2.75, 3.05) is 19.2 Å². The fourth-order valence-electron chi connectivity index (χ4n) is 3.14. The summed E-state index contributed by atoms with van der Waals surface area (Å²) in [5.74, 6) is 3.10. The van der Waals surface area contributed by atoms with Gasteiger partial charge in [0.25, 0.3) is 0 Å². The minimum absolute atomic E-state index is 0.147. The molecule has 4 rings (SSSR count). The lowest BCUT2D eigenvalue weighted by molar-refractivity contribution is -0.115. The first-order chi connectivity index (χ1) is 15.6. The van der Waals surface area contributed by atoms with Crippen LogP contribution >= 0.6 is 11.8 Å². The summed E-state index contributed by atoms with van der Waals surface area (Å²) in [7, 11) is 1.60. The Kier molecular flexibility index (Phi) is 6.69. The molecule has 1 aromatic heterocycles. The summed E-state index contributed by atoms with van der Waals surface area (Å²) in [6.45, 7) is 4.90. The van der Waals surface area contributed by atoms with Crippen LogP contribution in [0.3, 0.4) is 0 Å². The van der Waals surface area contributed by atoms with Crippen molar-refractivity contribution >= 4 is 23.4 Å². The monoisotopic (exact) mass is 456 g/mol. The van der Waals surface area contributed by atoms with Crippen LogP contribution in [0.25, 0.3) is 0 Å². The number of carbonyl (C=O) groups is 1. The van der Waals surface area contributed by atoms with E-state index < -0.39 is 5.25 Å². The van der Waals surface area contributed by atoms with Crippen molar-refractivity contribution in [1.29, 1.82) is 0 Å². The molecule has 1 aliphatic heterocycles. The highest BCUT2D eigenvalue weighted by molar-refractivity contribution is 8.00. The molecule has 2 aromatic carbocycles. The number of carbonyl (C=O) groups excluding carboxylic acids is 1. The molecule has 0 fully saturated rings. The smallest absolute Gasteiger partial charge is 0.237 e. The van der Waals surface area contributed by atoms with Gasteiger partial charge in [-0.05, 0) is 38.1 Å². The van der Waals surface area contributed by atoms with Crippen LogP contribution < -0.4 is 24.3 Å². The Morgan fingerprint density at radius 3 is 2.75 bits per heavy atom. The Hall–Kier alpha value is -3.40. The van der Waals surface area contributed by atoms with E-state index in [0.29, 0.717) is 46.2 Å². The lowest BCUT2D eigenvalue weighted by Crippen LogP contribution is -2.23. The fourth-order valence-corrected chi connectivity index (χ4v) is 4.07. The standard InChI is InChI=1S/C22H24N4O5S/c1-4-26-20(12-29-17-8-6-5-7-16(17)28-3)24-25-22(26)32-14(2)21(27)23-15-9-10-18-19(11-15)31-13-30-18/h5-11,14H,4,12-13H2,1-3H3,(H,23,27)/t14-/m0/s1. The number of anilines is 1. The van der Waals surface area contributed by atoms with Crippen LogP contribution in [0.5, 0.6) is 23.0 Å². The summed E-state index contributed by atoms with van der Waals surface area (Å²) in [6, 6.07) is 12.7. The van der Waals surface area contributed by atoms with Gasteiger partial charge in [-0.15, -0.1) is 10.2 Å². The normalized spacial score (nSPS) is 13.0. The quantitative estimate of drug-likeness (QED) is 0.487. The van der Waals surface area contributed by atoms with Crippen molar-refractivity contribution in [3.05, 3.63) is 48.3 Å². The van der Waals surface area contributed by atoms with Gasteiger partial charge in [-0.1, -0.05) is 23.9 Å². The molecule has 1 N–H and O–H groups in total. The van der Waals surface area contributed by atoms with E-state index in [9.17, 15) is 4.79 Å². The summed E-state index contributed by atoms with van der Waals surface area (Å²) in [6.07, 6.45) is 0. The number of fused-ring (bicyclic) bond motifs is 1. The molecule has 1 amide bonds. The second kappa shape index (κ2) is 9.82. The van der Waals surface area contributed by atoms with Gasteiger partial charge in [0.1, 0.15) is 6.61 Å². The van der Waals surface area contributed by atoms with Gasteiger partial charge in [0.05, 0.1) is 12.4 Å². The molecule has 2 heterocycles. The van der Waals surface area contributed by atoms with Crippen molar-refractivity contribution in [3.63, 3.8) is 0 Å². The second-order valence-corrected chi connectivity index (χ2v) is 8.21. The largest absolute Gasteiger partial charge is 0.493 e. The van der Waals surface area contributed by atoms with Gasteiger partial charge in [0.2, 0.25) is 12.7 Å². The first-order valence-electron chi connectivity index (χ1n) is 10.1. The predicted octanol–water partition coefficient (Wildman–Crippen LogP) is 3.73. The number of rotatable bonds is 9. The second-order valence-electron chi connectivity index (χ2n) is 6.90. The molecule has 0 aliphatic carbocycles. The molecule has 0 saturated carbocycles. The first-order valence-corrected chi connectivity index (χ1v) is 11.0. The number of hydrogen-bond acceptors (Lipinski definition) is 8. The molecular weight excluding hydrogens is 432 g/mol. The van der Waals surface area contributed by atoms with Crippen LogP contribution in [-0.4, -0.2) is 39.8 Å². The topological polar surface area (TPSA) is 96.7 Å². The van der Waals surface area contributed by atoms with Crippen molar-refractivity contribution < 1.29 is 23.7 Å². The molecular formula is C22H24N4O5S. The van der Waals surface area contributed by atoms with Crippen LogP contribution in [0.15, 0.2) is 47.6 Å². The molecule has 1 aliphatic rings. The summed E-state index contributed by atoms with van der Waals surface area (Å²) in [5.41, 5.74) is 0.648. The van der Waals surface area contributed by atoms with Crippen LogP contribution in [-0.2, 0) is 17.9 Å². The number of para-hydroxylation sites is 2. The van der Waals surface area contributed by atoms with Gasteiger partial charge in [0.15, 0.2) is 34.0 Å². The van der Waals surface area contributed by atoms with E-state index in [4.69, 9.17) is 18.9 Å². The fraction of sp³-hybridized carbons (Fsp3) is 0.318. The molecule has 3 aromatic rings. The van der Waals surface area contributed by atoms with Crippen molar-refractivity contribution in [3.8, 4) is 23.0 Å². The molecule has 0 saturated heterocycles. The van der Waals surface area contributed by atoms with Gasteiger partial charge in [-0.25, -0.2) is 0 Å². The lowest BCUT2D eigenvalue weighted by atomic mass is 10.2. The molecule has 9 nitrogen and oxygen atoms in total. The zero-order valence-electron chi connectivity index (χ0n) is 18.0. The number of thioether (sulfide) groups is 1. The third-order valence-corrected chi connectivity index (χ3v) is 5.91. The summed E-state index contributed by atoms with van der Waals surface area (Å²) < 4.78 is 23.8. The zero-order chi connectivity index (χ0) is 22.5. The van der Waals surface area contributed by atoms with Crippen molar-refractivity contribution in [2.24, 2.45) is 0 Å². The van der Waals surface area contributed by atoms with E-state index in [1.54, 1.807) is 25.3 Å². The van der Waals surface area contributed by atoms with Crippen molar-refractivity contribution in [2.45, 2.75) is 37.4 Å². The van der Waals surface area contributed by atoms with Gasteiger partial charge < -0.3 is 28.8 Å². The van der Waals surface area contributed by atoms with Gasteiger partial charge >= 0.3 is 0 Å². The minimum atomic E-state index is -0.391. The van der Waals surface area contributed by atoms with E-state index in [-0.39, 0.29) is 19.3 Å². The van der Waals surface area contributed by atoms with Gasteiger partial charge in [-0.3, -0.25) is 4.79 Å². The summed E-state index contributed by atoms with van der Waals surface area (Å²) in [5, 5.41) is 11.7. The van der Waals surface area contributed by atoms with E-state index in [2.05, 4.69) is 15.5 Å². The number of aromatic nitrogens is 3. The molecule has 0 bridgehead atoms. The number of nitrogens with zero attached hydrogens (tertiary/aromatic N) is 3. The molecule has 0 radical (unpaired) electrons. The third-order valence-electron chi connectivity index (χ3n) is 4.83. The zero-order valence-corrected chi connectivity index (χ0v) is 18.8. The number of methoxy groups -OCH3 is 1. The summed E-state index contributed by atoms with van der Waals surface area (Å²) in [4.78, 5) is 12.7. The Balaban J connectivity index is 1.39. The molecule has 0 unspecified atom stereocenters. The summed E-state index contributed by atoms with van der Waals surface area (Å²) >= 11 is 1.34. The number of ether oxygens (including phenoxy) is 4. The number of nitrogens with one attached hydrogen (secondary N) is 1. The number of hydrogen-bond donors (Lipinski definition) is 1. The van der Waals surface area contributed by atoms with E-state index >= 15 is 0 Å². The van der Waals surface area contributed by atoms with Gasteiger partial charge in [-0.2, -0.15) is 0 Å². The maximum absolute atomic E-state index is 12.7. The average Bonchev–Trinajstić information content (AvgIpc) is 3.43. The lowest BCUT2D eigenvalue weighted by Gasteiger charge is -2.13. The van der Waals surface area contributed by atoms with E-state index in [0.717, 1.165) is 0 Å². The highest BCUT2D eigenvalue weighted by Crippen LogP contribution is 2.34.